The van der Waals surface area contributed by atoms with Crippen LogP contribution in [0.5, 0.6) is 0 Å². The number of hydrogen-bond donors (Lipinski definition) is 0. The van der Waals surface area contributed by atoms with E-state index in [-0.39, 0.29) is 5.78 Å². The molecule has 2 fully saturated rings. The van der Waals surface area contributed by atoms with Gasteiger partial charge < -0.3 is 14.2 Å². The Labute approximate surface area is 135 Å². The number of ether oxygens (including phenoxy) is 3. The van der Waals surface area contributed by atoms with E-state index in [0.717, 1.165) is 35.1 Å². The molecule has 120 valence electrons. The summed E-state index contributed by atoms with van der Waals surface area (Å²) in [7, 11) is 0. The summed E-state index contributed by atoms with van der Waals surface area (Å²) in [6, 6.07) is 10.0. The topological polar surface area (TPSA) is 44.8 Å². The van der Waals surface area contributed by atoms with Crippen molar-refractivity contribution in [3.8, 4) is 0 Å². The van der Waals surface area contributed by atoms with Gasteiger partial charge in [-0.05, 0) is 17.6 Å². The fourth-order valence-electron chi connectivity index (χ4n) is 3.63. The van der Waals surface area contributed by atoms with Crippen molar-refractivity contribution in [3.63, 3.8) is 0 Å². The van der Waals surface area contributed by atoms with Crippen LogP contribution in [0.25, 0.3) is 0 Å². The van der Waals surface area contributed by atoms with E-state index in [9.17, 15) is 4.79 Å². The lowest BCUT2D eigenvalue weighted by molar-refractivity contribution is -0.120. The number of rotatable bonds is 4. The monoisotopic (exact) mass is 312 g/mol. The van der Waals surface area contributed by atoms with Crippen LogP contribution in [-0.4, -0.2) is 31.4 Å². The molecule has 0 radical (unpaired) electrons. The lowest BCUT2D eigenvalue weighted by Gasteiger charge is -2.26. The van der Waals surface area contributed by atoms with E-state index in [1.54, 1.807) is 0 Å². The first-order chi connectivity index (χ1) is 11.3. The van der Waals surface area contributed by atoms with Crippen LogP contribution in [-0.2, 0) is 25.6 Å². The van der Waals surface area contributed by atoms with Crippen molar-refractivity contribution in [1.82, 2.24) is 0 Å². The van der Waals surface area contributed by atoms with Gasteiger partial charge in [-0.3, -0.25) is 4.79 Å². The van der Waals surface area contributed by atoms with Crippen molar-refractivity contribution in [2.75, 3.05) is 19.8 Å². The fraction of sp³-hybridized carbons (Fsp3) is 0.421. The van der Waals surface area contributed by atoms with Gasteiger partial charge in [0, 0.05) is 24.0 Å². The normalized spacial score (nSPS) is 22.6. The van der Waals surface area contributed by atoms with Gasteiger partial charge in [-0.25, -0.2) is 0 Å². The highest BCUT2D eigenvalue weighted by atomic mass is 16.7. The Kier molecular flexibility index (Phi) is 3.89. The van der Waals surface area contributed by atoms with Crippen molar-refractivity contribution >= 4 is 5.78 Å². The zero-order valence-electron chi connectivity index (χ0n) is 13.0. The molecule has 2 aliphatic carbocycles. The molecule has 0 atom stereocenters. The molecular formula is C19H20O4. The highest BCUT2D eigenvalue weighted by Gasteiger charge is 2.48. The van der Waals surface area contributed by atoms with E-state index in [1.165, 1.54) is 0 Å². The summed E-state index contributed by atoms with van der Waals surface area (Å²) in [6.45, 7) is 2.12. The first kappa shape index (κ1) is 14.8. The number of allylic oxidation sites excluding steroid dienone is 1. The van der Waals surface area contributed by atoms with Crippen molar-refractivity contribution in [2.45, 2.75) is 31.7 Å². The zero-order chi connectivity index (χ0) is 15.7. The Bertz CT molecular complexity index is 666. The van der Waals surface area contributed by atoms with Gasteiger partial charge in [-0.1, -0.05) is 36.4 Å². The molecule has 0 amide bonds. The third kappa shape index (κ3) is 2.67. The van der Waals surface area contributed by atoms with Gasteiger partial charge in [0.2, 0.25) is 0 Å². The van der Waals surface area contributed by atoms with E-state index < -0.39 is 5.79 Å². The minimum absolute atomic E-state index is 0.159. The minimum Gasteiger partial charge on any atom is -0.372 e. The van der Waals surface area contributed by atoms with Gasteiger partial charge in [-0.15, -0.1) is 0 Å². The van der Waals surface area contributed by atoms with Crippen LogP contribution in [0.2, 0.25) is 0 Å². The molecule has 0 bridgehead atoms. The third-order valence-electron chi connectivity index (χ3n) is 4.74. The molecule has 1 saturated heterocycles. The summed E-state index contributed by atoms with van der Waals surface area (Å²) in [5.41, 5.74) is 4.06. The predicted octanol–water partition coefficient (Wildman–Crippen LogP) is 2.94. The zero-order valence-corrected chi connectivity index (χ0v) is 13.0. The van der Waals surface area contributed by atoms with Crippen LogP contribution >= 0.6 is 0 Å². The first-order valence-corrected chi connectivity index (χ1v) is 8.14. The summed E-state index contributed by atoms with van der Waals surface area (Å²) >= 11 is 0. The van der Waals surface area contributed by atoms with Gasteiger partial charge in [0.05, 0.1) is 26.4 Å². The number of benzene rings is 1. The summed E-state index contributed by atoms with van der Waals surface area (Å²) in [6.07, 6.45) is 4.01. The number of carbonyl (C=O) groups is 1. The summed E-state index contributed by atoms with van der Waals surface area (Å²) in [4.78, 5) is 12.3. The van der Waals surface area contributed by atoms with Crippen molar-refractivity contribution in [3.05, 3.63) is 58.7 Å². The smallest absolute Gasteiger partial charge is 0.195 e. The summed E-state index contributed by atoms with van der Waals surface area (Å²) < 4.78 is 17.5. The van der Waals surface area contributed by atoms with Crippen LogP contribution in [0.3, 0.4) is 0 Å². The number of fused-ring (bicyclic) bond motifs is 2. The quantitative estimate of drug-likeness (QED) is 0.857. The molecule has 4 nitrogen and oxygen atoms in total. The molecule has 4 rings (SSSR count). The molecule has 0 aromatic heterocycles. The van der Waals surface area contributed by atoms with Crippen LogP contribution in [0.15, 0.2) is 53.1 Å². The van der Waals surface area contributed by atoms with E-state index >= 15 is 0 Å². The number of carbonyl (C=O) groups excluding carboxylic acids is 1. The van der Waals surface area contributed by atoms with Gasteiger partial charge in [0.1, 0.15) is 0 Å². The van der Waals surface area contributed by atoms with Crippen LogP contribution < -0.4 is 0 Å². The van der Waals surface area contributed by atoms with E-state index in [4.69, 9.17) is 14.2 Å². The standard InChI is InChI=1S/C19H20O4/c20-18-7-6-17-15(8-9-19(17)22-10-11-23-19)16(18)13-21-12-14-4-2-1-3-5-14/h1-6H,7-13H2. The van der Waals surface area contributed by atoms with E-state index in [2.05, 4.69) is 0 Å². The van der Waals surface area contributed by atoms with E-state index in [1.807, 2.05) is 36.4 Å². The molecular weight excluding hydrogens is 292 g/mol. The van der Waals surface area contributed by atoms with Crippen molar-refractivity contribution in [1.29, 1.82) is 0 Å². The second-order valence-corrected chi connectivity index (χ2v) is 6.13. The summed E-state index contributed by atoms with van der Waals surface area (Å²) in [5.74, 6) is -0.437. The molecule has 1 heterocycles. The van der Waals surface area contributed by atoms with Gasteiger partial charge in [0.15, 0.2) is 11.6 Å². The SMILES string of the molecule is O=C1CC=C2C(=C1COCc1ccccc1)CCC21OCCO1. The predicted molar refractivity (Wildman–Crippen MR) is 84.7 cm³/mol. The molecule has 3 aliphatic rings. The second kappa shape index (κ2) is 6.04. The Morgan fingerprint density at radius 2 is 1.87 bits per heavy atom. The van der Waals surface area contributed by atoms with E-state index in [0.29, 0.717) is 32.8 Å². The number of hydrogen-bond acceptors (Lipinski definition) is 4. The van der Waals surface area contributed by atoms with Gasteiger partial charge >= 0.3 is 0 Å². The van der Waals surface area contributed by atoms with Crippen molar-refractivity contribution in [2.24, 2.45) is 0 Å². The molecule has 1 spiro atoms. The molecule has 4 heteroatoms. The van der Waals surface area contributed by atoms with Gasteiger partial charge in [-0.2, -0.15) is 0 Å². The largest absolute Gasteiger partial charge is 0.372 e. The van der Waals surface area contributed by atoms with Gasteiger partial charge in [0.25, 0.3) is 0 Å². The Morgan fingerprint density at radius 3 is 2.65 bits per heavy atom. The van der Waals surface area contributed by atoms with Crippen LogP contribution in [0.4, 0.5) is 0 Å². The Morgan fingerprint density at radius 1 is 1.09 bits per heavy atom. The molecule has 23 heavy (non-hydrogen) atoms. The maximum atomic E-state index is 12.3. The maximum absolute atomic E-state index is 12.3. The lowest BCUT2D eigenvalue weighted by Crippen LogP contribution is -2.30. The van der Waals surface area contributed by atoms with Crippen LogP contribution in [0.1, 0.15) is 24.8 Å². The van der Waals surface area contributed by atoms with Crippen LogP contribution in [0, 0.1) is 0 Å². The average Bonchev–Trinajstić information content (AvgIpc) is 3.19. The molecule has 1 aliphatic heterocycles. The molecule has 0 N–H and O–H groups in total. The fourth-order valence-corrected chi connectivity index (χ4v) is 3.63. The number of ketones is 1. The van der Waals surface area contributed by atoms with Crippen molar-refractivity contribution < 1.29 is 19.0 Å². The minimum atomic E-state index is -0.597. The first-order valence-electron chi connectivity index (χ1n) is 8.14. The highest BCUT2D eigenvalue weighted by Crippen LogP contribution is 2.48. The average molecular weight is 312 g/mol. The maximum Gasteiger partial charge on any atom is 0.195 e. The highest BCUT2D eigenvalue weighted by molar-refractivity contribution is 6.00. The number of Topliss-reactive ketones (excluding diaryl/α,β-unsaturated/α-hetero) is 1. The summed E-state index contributed by atoms with van der Waals surface area (Å²) in [5, 5.41) is 0. The molecule has 1 saturated carbocycles. The third-order valence-corrected chi connectivity index (χ3v) is 4.74. The second-order valence-electron chi connectivity index (χ2n) is 6.13. The molecule has 0 unspecified atom stereocenters. The molecule has 1 aromatic rings. The Hall–Kier alpha value is -1.75. The molecule has 1 aromatic carbocycles. The Balaban J connectivity index is 1.50. The lowest BCUT2D eigenvalue weighted by atomic mass is 9.91.